The molecule has 4 unspecified atom stereocenters. The van der Waals surface area contributed by atoms with Crippen molar-refractivity contribution in [2.24, 2.45) is 11.8 Å². The minimum Gasteiger partial charge on any atom is -0.349 e. The Balaban J connectivity index is 1.53. The van der Waals surface area contributed by atoms with Crippen molar-refractivity contribution in [3.63, 3.8) is 0 Å². The largest absolute Gasteiger partial charge is 0.349 e. The van der Waals surface area contributed by atoms with Crippen LogP contribution in [0.2, 0.25) is 0 Å². The van der Waals surface area contributed by atoms with Crippen molar-refractivity contribution >= 4 is 5.91 Å². The van der Waals surface area contributed by atoms with E-state index in [0.29, 0.717) is 12.0 Å². The van der Waals surface area contributed by atoms with E-state index in [1.54, 1.807) is 0 Å². The molecule has 0 aromatic carbocycles. The number of amides is 1. The van der Waals surface area contributed by atoms with Gasteiger partial charge in [0.15, 0.2) is 0 Å². The number of carbonyl (C=O) groups is 1. The van der Waals surface area contributed by atoms with Crippen LogP contribution in [-0.2, 0) is 4.79 Å². The lowest BCUT2D eigenvalue weighted by Gasteiger charge is -2.31. The predicted molar refractivity (Wildman–Crippen MR) is 74.6 cm³/mol. The van der Waals surface area contributed by atoms with Gasteiger partial charge in [-0.3, -0.25) is 4.79 Å². The summed E-state index contributed by atoms with van der Waals surface area (Å²) in [5, 5.41) is 13.2. The first-order valence-corrected chi connectivity index (χ1v) is 7.72. The highest BCUT2D eigenvalue weighted by atomic mass is 16.2. The second kappa shape index (κ2) is 5.77. The minimum absolute atomic E-state index is 0.0254. The number of hydrogen-bond donors (Lipinski definition) is 4. The molecule has 5 nitrogen and oxygen atoms in total. The molecule has 3 fully saturated rings. The van der Waals surface area contributed by atoms with Crippen LogP contribution in [0.15, 0.2) is 0 Å². The number of fused-ring (bicyclic) bond motifs is 1. The van der Waals surface area contributed by atoms with E-state index in [9.17, 15) is 4.79 Å². The summed E-state index contributed by atoms with van der Waals surface area (Å²) in [4.78, 5) is 12.3. The van der Waals surface area contributed by atoms with E-state index >= 15 is 0 Å². The molecule has 1 aliphatic carbocycles. The molecule has 4 atom stereocenters. The van der Waals surface area contributed by atoms with E-state index in [2.05, 4.69) is 28.2 Å². The monoisotopic (exact) mass is 266 g/mol. The molecule has 3 rings (SSSR count). The van der Waals surface area contributed by atoms with Gasteiger partial charge in [0.05, 0.1) is 12.1 Å². The van der Waals surface area contributed by atoms with Crippen LogP contribution in [0, 0.1) is 11.8 Å². The van der Waals surface area contributed by atoms with Crippen LogP contribution in [0.4, 0.5) is 0 Å². The fourth-order valence-corrected chi connectivity index (χ4v) is 3.93. The smallest absolute Gasteiger partial charge is 0.237 e. The Bertz CT molecular complexity index is 329. The molecular formula is C14H26N4O. The van der Waals surface area contributed by atoms with Gasteiger partial charge in [-0.1, -0.05) is 13.3 Å². The third-order valence-corrected chi connectivity index (χ3v) is 4.98. The highest BCUT2D eigenvalue weighted by molar-refractivity contribution is 5.82. The van der Waals surface area contributed by atoms with Crippen LogP contribution in [0.25, 0.3) is 0 Å². The van der Waals surface area contributed by atoms with Crippen LogP contribution >= 0.6 is 0 Å². The van der Waals surface area contributed by atoms with E-state index in [1.165, 1.54) is 19.3 Å². The second-order valence-electron chi connectivity index (χ2n) is 6.44. The van der Waals surface area contributed by atoms with Gasteiger partial charge in [-0.05, 0) is 31.1 Å². The Morgan fingerprint density at radius 3 is 2.74 bits per heavy atom. The summed E-state index contributed by atoms with van der Waals surface area (Å²) in [6.07, 6.45) is 4.94. The molecule has 2 saturated heterocycles. The second-order valence-corrected chi connectivity index (χ2v) is 6.44. The highest BCUT2D eigenvalue weighted by Crippen LogP contribution is 2.36. The zero-order chi connectivity index (χ0) is 13.2. The molecule has 0 bridgehead atoms. The molecule has 4 N–H and O–H groups in total. The molecule has 1 amide bonds. The number of hydrogen-bond acceptors (Lipinski definition) is 4. The van der Waals surface area contributed by atoms with Gasteiger partial charge in [0, 0.05) is 25.8 Å². The van der Waals surface area contributed by atoms with Crippen molar-refractivity contribution in [1.29, 1.82) is 0 Å². The number of carbonyl (C=O) groups excluding carboxylic acids is 1. The van der Waals surface area contributed by atoms with Crippen molar-refractivity contribution < 1.29 is 4.79 Å². The molecule has 0 radical (unpaired) electrons. The molecule has 19 heavy (non-hydrogen) atoms. The van der Waals surface area contributed by atoms with E-state index in [-0.39, 0.29) is 18.0 Å². The van der Waals surface area contributed by atoms with Gasteiger partial charge in [-0.2, -0.15) is 0 Å². The number of nitrogens with one attached hydrogen (secondary N) is 4. The van der Waals surface area contributed by atoms with Crippen LogP contribution in [0.3, 0.4) is 0 Å². The third-order valence-electron chi connectivity index (χ3n) is 4.98. The van der Waals surface area contributed by atoms with Gasteiger partial charge in [0.2, 0.25) is 5.91 Å². The van der Waals surface area contributed by atoms with Crippen molar-refractivity contribution in [3.8, 4) is 0 Å². The standard InChI is InChI=1S/C14H26N4O/c1-9-3-2-4-10-5-12(18-13(9)10)14(19)17-11-6-15-8-16-7-11/h9-13,15-16,18H,2-8H2,1H3,(H,17,19). The van der Waals surface area contributed by atoms with Gasteiger partial charge in [0.1, 0.15) is 0 Å². The van der Waals surface area contributed by atoms with Crippen LogP contribution in [0.1, 0.15) is 32.6 Å². The molecular weight excluding hydrogens is 240 g/mol. The molecule has 0 aromatic heterocycles. The van der Waals surface area contributed by atoms with E-state index in [0.717, 1.165) is 32.1 Å². The maximum atomic E-state index is 12.3. The Morgan fingerprint density at radius 1 is 1.21 bits per heavy atom. The van der Waals surface area contributed by atoms with Crippen molar-refractivity contribution in [2.75, 3.05) is 19.8 Å². The first kappa shape index (κ1) is 13.3. The van der Waals surface area contributed by atoms with Crippen LogP contribution < -0.4 is 21.3 Å². The van der Waals surface area contributed by atoms with Crippen LogP contribution in [-0.4, -0.2) is 43.8 Å². The Hall–Kier alpha value is -0.650. The lowest BCUT2D eigenvalue weighted by Crippen LogP contribution is -2.57. The van der Waals surface area contributed by atoms with Crippen molar-refractivity contribution in [3.05, 3.63) is 0 Å². The van der Waals surface area contributed by atoms with Gasteiger partial charge >= 0.3 is 0 Å². The quantitative estimate of drug-likeness (QED) is 0.558. The topological polar surface area (TPSA) is 65.2 Å². The normalized spacial score (nSPS) is 39.8. The Kier molecular flexibility index (Phi) is 4.05. The molecule has 0 aromatic rings. The molecule has 5 heteroatoms. The van der Waals surface area contributed by atoms with Gasteiger partial charge < -0.3 is 21.3 Å². The zero-order valence-corrected chi connectivity index (χ0v) is 11.7. The Labute approximate surface area is 115 Å². The molecule has 3 aliphatic rings. The fraction of sp³-hybridized carbons (Fsp3) is 0.929. The summed E-state index contributed by atoms with van der Waals surface area (Å²) < 4.78 is 0. The SMILES string of the molecule is CC1CCCC2CC(C(=O)NC3CNCNC3)NC12. The minimum atomic E-state index is 0.0254. The lowest BCUT2D eigenvalue weighted by molar-refractivity contribution is -0.123. The summed E-state index contributed by atoms with van der Waals surface area (Å²) in [7, 11) is 0. The van der Waals surface area contributed by atoms with Gasteiger partial charge in [-0.15, -0.1) is 0 Å². The molecule has 108 valence electrons. The average molecular weight is 266 g/mol. The van der Waals surface area contributed by atoms with E-state index in [4.69, 9.17) is 0 Å². The molecule has 1 saturated carbocycles. The highest BCUT2D eigenvalue weighted by Gasteiger charge is 2.41. The summed E-state index contributed by atoms with van der Waals surface area (Å²) in [5.41, 5.74) is 0. The first-order chi connectivity index (χ1) is 9.24. The van der Waals surface area contributed by atoms with Crippen LogP contribution in [0.5, 0.6) is 0 Å². The summed E-state index contributed by atoms with van der Waals surface area (Å²) in [6, 6.07) is 0.813. The average Bonchev–Trinajstić information content (AvgIpc) is 2.85. The maximum Gasteiger partial charge on any atom is 0.237 e. The third kappa shape index (κ3) is 2.93. The lowest BCUT2D eigenvalue weighted by atomic mass is 9.78. The van der Waals surface area contributed by atoms with E-state index in [1.807, 2.05) is 0 Å². The van der Waals surface area contributed by atoms with Gasteiger partial charge in [-0.25, -0.2) is 0 Å². The summed E-state index contributed by atoms with van der Waals surface area (Å²) in [6.45, 7) is 4.90. The molecule has 2 heterocycles. The first-order valence-electron chi connectivity index (χ1n) is 7.72. The predicted octanol–water partition coefficient (Wildman–Crippen LogP) is -0.212. The fourth-order valence-electron chi connectivity index (χ4n) is 3.93. The Morgan fingerprint density at radius 2 is 2.00 bits per heavy atom. The summed E-state index contributed by atoms with van der Waals surface area (Å²) >= 11 is 0. The van der Waals surface area contributed by atoms with Crippen molar-refractivity contribution in [1.82, 2.24) is 21.3 Å². The molecule has 0 spiro atoms. The van der Waals surface area contributed by atoms with Gasteiger partial charge in [0.25, 0.3) is 0 Å². The maximum absolute atomic E-state index is 12.3. The van der Waals surface area contributed by atoms with Crippen molar-refractivity contribution in [2.45, 2.75) is 50.7 Å². The summed E-state index contributed by atoms with van der Waals surface area (Å²) in [5.74, 6) is 1.62. The van der Waals surface area contributed by atoms with E-state index < -0.39 is 0 Å². The number of rotatable bonds is 2. The zero-order valence-electron chi connectivity index (χ0n) is 11.7. The molecule has 2 aliphatic heterocycles.